The minimum Gasteiger partial charge on any atom is -0.465 e. The van der Waals surface area contributed by atoms with Crippen molar-refractivity contribution in [1.82, 2.24) is 10.2 Å². The van der Waals surface area contributed by atoms with E-state index in [4.69, 9.17) is 9.47 Å². The zero-order valence-electron chi connectivity index (χ0n) is 12.8. The third-order valence-corrected chi connectivity index (χ3v) is 3.63. The third kappa shape index (κ3) is 4.27. The molecule has 5 nitrogen and oxygen atoms in total. The third-order valence-electron chi connectivity index (χ3n) is 3.63. The highest BCUT2D eigenvalue weighted by atomic mass is 16.5. The van der Waals surface area contributed by atoms with Gasteiger partial charge in [0.2, 0.25) is 0 Å². The van der Waals surface area contributed by atoms with Gasteiger partial charge in [-0.1, -0.05) is 24.3 Å². The summed E-state index contributed by atoms with van der Waals surface area (Å²) < 4.78 is 10.4. The lowest BCUT2D eigenvalue weighted by Crippen LogP contribution is -2.47. The number of carbonyl (C=O) groups is 1. The molecule has 116 valence electrons. The van der Waals surface area contributed by atoms with Gasteiger partial charge in [-0.25, -0.2) is 4.79 Å². The van der Waals surface area contributed by atoms with Crippen molar-refractivity contribution in [3.63, 3.8) is 0 Å². The molecule has 0 radical (unpaired) electrons. The van der Waals surface area contributed by atoms with E-state index in [9.17, 15) is 4.79 Å². The van der Waals surface area contributed by atoms with Crippen LogP contribution in [0.3, 0.4) is 0 Å². The minimum atomic E-state index is -0.316. The van der Waals surface area contributed by atoms with Gasteiger partial charge in [0.15, 0.2) is 0 Å². The van der Waals surface area contributed by atoms with Gasteiger partial charge in [0.1, 0.15) is 6.04 Å². The van der Waals surface area contributed by atoms with E-state index in [-0.39, 0.29) is 12.0 Å². The van der Waals surface area contributed by atoms with Gasteiger partial charge in [-0.15, -0.1) is 0 Å². The largest absolute Gasteiger partial charge is 0.465 e. The molecule has 0 bridgehead atoms. The monoisotopic (exact) mass is 292 g/mol. The van der Waals surface area contributed by atoms with Crippen LogP contribution >= 0.6 is 0 Å². The molecule has 5 heteroatoms. The van der Waals surface area contributed by atoms with Crippen LogP contribution < -0.4 is 5.32 Å². The summed E-state index contributed by atoms with van der Waals surface area (Å²) in [6.45, 7) is 6.33. The number of esters is 1. The molecule has 1 aliphatic rings. The zero-order valence-corrected chi connectivity index (χ0v) is 12.8. The SMILES string of the molecule is CCOC(=O)C(c1ccc(COC)cc1)N1CCNCC1. The zero-order chi connectivity index (χ0) is 15.1. The van der Waals surface area contributed by atoms with Crippen LogP contribution in [0.2, 0.25) is 0 Å². The molecule has 1 aliphatic heterocycles. The van der Waals surface area contributed by atoms with E-state index in [0.717, 1.165) is 37.3 Å². The van der Waals surface area contributed by atoms with Crippen LogP contribution in [0.5, 0.6) is 0 Å². The van der Waals surface area contributed by atoms with Crippen LogP contribution in [0.1, 0.15) is 24.1 Å². The number of nitrogens with one attached hydrogen (secondary N) is 1. The first kappa shape index (κ1) is 15.9. The Bertz CT molecular complexity index is 441. The van der Waals surface area contributed by atoms with Crippen LogP contribution in [0.4, 0.5) is 0 Å². The maximum Gasteiger partial charge on any atom is 0.328 e. The number of rotatable bonds is 6. The second-order valence-corrected chi connectivity index (χ2v) is 5.12. The predicted molar refractivity (Wildman–Crippen MR) is 81.0 cm³/mol. The number of benzene rings is 1. The van der Waals surface area contributed by atoms with Gasteiger partial charge >= 0.3 is 5.97 Å². The average molecular weight is 292 g/mol. The Kier molecular flexibility index (Phi) is 6.17. The second kappa shape index (κ2) is 8.12. The Labute approximate surface area is 126 Å². The van der Waals surface area contributed by atoms with E-state index < -0.39 is 0 Å². The van der Waals surface area contributed by atoms with Crippen LogP contribution in [-0.2, 0) is 20.9 Å². The highest BCUT2D eigenvalue weighted by molar-refractivity contribution is 5.77. The van der Waals surface area contributed by atoms with Gasteiger partial charge < -0.3 is 14.8 Å². The van der Waals surface area contributed by atoms with Crippen molar-refractivity contribution in [2.24, 2.45) is 0 Å². The van der Waals surface area contributed by atoms with Crippen LogP contribution in [0.25, 0.3) is 0 Å². The predicted octanol–water partition coefficient (Wildman–Crippen LogP) is 1.34. The Balaban J connectivity index is 2.18. The molecule has 0 saturated carbocycles. The van der Waals surface area contributed by atoms with Crippen LogP contribution in [0, 0.1) is 0 Å². The summed E-state index contributed by atoms with van der Waals surface area (Å²) in [5, 5.41) is 3.31. The van der Waals surface area contributed by atoms with E-state index in [1.54, 1.807) is 7.11 Å². The summed E-state index contributed by atoms with van der Waals surface area (Å²) in [5.74, 6) is -0.168. The van der Waals surface area contributed by atoms with Crippen LogP contribution in [0.15, 0.2) is 24.3 Å². The summed E-state index contributed by atoms with van der Waals surface area (Å²) in [4.78, 5) is 14.5. The number of carbonyl (C=O) groups excluding carboxylic acids is 1. The fourth-order valence-corrected chi connectivity index (χ4v) is 2.62. The second-order valence-electron chi connectivity index (χ2n) is 5.12. The van der Waals surface area contributed by atoms with E-state index in [2.05, 4.69) is 10.2 Å². The number of piperazine rings is 1. The molecule has 1 N–H and O–H groups in total. The Hall–Kier alpha value is -1.43. The molecule has 1 aromatic carbocycles. The Morgan fingerprint density at radius 3 is 2.52 bits per heavy atom. The summed E-state index contributed by atoms with van der Waals surface area (Å²) >= 11 is 0. The number of ether oxygens (including phenoxy) is 2. The van der Waals surface area contributed by atoms with E-state index >= 15 is 0 Å². The molecule has 0 aromatic heterocycles. The molecular weight excluding hydrogens is 268 g/mol. The maximum atomic E-state index is 12.3. The first-order valence-electron chi connectivity index (χ1n) is 7.45. The van der Waals surface area contributed by atoms with Crippen molar-refractivity contribution in [3.8, 4) is 0 Å². The molecule has 1 saturated heterocycles. The van der Waals surface area contributed by atoms with Gasteiger partial charge in [-0.3, -0.25) is 4.90 Å². The molecule has 0 amide bonds. The lowest BCUT2D eigenvalue weighted by molar-refractivity contribution is -0.150. The van der Waals surface area contributed by atoms with Crippen molar-refractivity contribution in [1.29, 1.82) is 0 Å². The fraction of sp³-hybridized carbons (Fsp3) is 0.562. The van der Waals surface area contributed by atoms with Gasteiger partial charge in [-0.05, 0) is 18.1 Å². The van der Waals surface area contributed by atoms with Gasteiger partial charge in [0.05, 0.1) is 13.2 Å². The Morgan fingerprint density at radius 1 is 1.29 bits per heavy atom. The number of hydrogen-bond donors (Lipinski definition) is 1. The topological polar surface area (TPSA) is 50.8 Å². The molecule has 1 unspecified atom stereocenters. The Morgan fingerprint density at radius 2 is 1.95 bits per heavy atom. The number of methoxy groups -OCH3 is 1. The molecule has 0 spiro atoms. The molecule has 1 aromatic rings. The fourth-order valence-electron chi connectivity index (χ4n) is 2.62. The van der Waals surface area contributed by atoms with Crippen molar-refractivity contribution >= 4 is 5.97 Å². The standard InChI is InChI=1S/C16H24N2O3/c1-3-21-16(19)15(18-10-8-17-9-11-18)14-6-4-13(5-7-14)12-20-2/h4-7,15,17H,3,8-12H2,1-2H3. The lowest BCUT2D eigenvalue weighted by Gasteiger charge is -2.33. The molecule has 21 heavy (non-hydrogen) atoms. The molecule has 2 rings (SSSR count). The highest BCUT2D eigenvalue weighted by Crippen LogP contribution is 2.23. The van der Waals surface area contributed by atoms with Crippen molar-refractivity contribution < 1.29 is 14.3 Å². The molecule has 1 fully saturated rings. The molecule has 1 atom stereocenters. The van der Waals surface area contributed by atoms with E-state index in [0.29, 0.717) is 13.2 Å². The summed E-state index contributed by atoms with van der Waals surface area (Å²) in [7, 11) is 1.68. The summed E-state index contributed by atoms with van der Waals surface area (Å²) in [6, 6.07) is 7.69. The number of hydrogen-bond acceptors (Lipinski definition) is 5. The van der Waals surface area contributed by atoms with Crippen LogP contribution in [-0.4, -0.2) is 50.8 Å². The van der Waals surface area contributed by atoms with Gasteiger partial charge in [0, 0.05) is 33.3 Å². The summed E-state index contributed by atoms with van der Waals surface area (Å²) in [5.41, 5.74) is 2.08. The van der Waals surface area contributed by atoms with Crippen molar-refractivity contribution in [3.05, 3.63) is 35.4 Å². The normalized spacial score (nSPS) is 17.4. The first-order valence-corrected chi connectivity index (χ1v) is 7.45. The smallest absolute Gasteiger partial charge is 0.328 e. The van der Waals surface area contributed by atoms with Gasteiger partial charge in [0.25, 0.3) is 0 Å². The lowest BCUT2D eigenvalue weighted by atomic mass is 10.0. The first-order chi connectivity index (χ1) is 10.3. The minimum absolute atomic E-state index is 0.168. The van der Waals surface area contributed by atoms with Crippen molar-refractivity contribution in [2.45, 2.75) is 19.6 Å². The molecule has 1 heterocycles. The van der Waals surface area contributed by atoms with E-state index in [1.807, 2.05) is 31.2 Å². The maximum absolute atomic E-state index is 12.3. The molecule has 0 aliphatic carbocycles. The van der Waals surface area contributed by atoms with Crippen molar-refractivity contribution in [2.75, 3.05) is 39.9 Å². The molecular formula is C16H24N2O3. The van der Waals surface area contributed by atoms with E-state index in [1.165, 1.54) is 0 Å². The number of nitrogens with zero attached hydrogens (tertiary/aromatic N) is 1. The summed E-state index contributed by atoms with van der Waals surface area (Å²) in [6.07, 6.45) is 0. The quantitative estimate of drug-likeness (QED) is 0.802. The average Bonchev–Trinajstić information content (AvgIpc) is 2.51. The van der Waals surface area contributed by atoms with Gasteiger partial charge in [-0.2, -0.15) is 0 Å². The highest BCUT2D eigenvalue weighted by Gasteiger charge is 2.29.